The van der Waals surface area contributed by atoms with Crippen molar-refractivity contribution in [1.82, 2.24) is 15.5 Å². The second-order valence-electron chi connectivity index (χ2n) is 6.30. The Labute approximate surface area is 140 Å². The number of carboxylic acids is 1. The second-order valence-corrected chi connectivity index (χ2v) is 6.30. The lowest BCUT2D eigenvalue weighted by Crippen LogP contribution is -2.53. The lowest BCUT2D eigenvalue weighted by atomic mass is 10.0. The summed E-state index contributed by atoms with van der Waals surface area (Å²) in [6.45, 7) is 5.13. The van der Waals surface area contributed by atoms with Gasteiger partial charge in [-0.15, -0.1) is 0 Å². The summed E-state index contributed by atoms with van der Waals surface area (Å²) in [6.07, 6.45) is 1.03. The molecule has 3 amide bonds. The van der Waals surface area contributed by atoms with E-state index in [0.717, 1.165) is 0 Å². The first-order chi connectivity index (χ1) is 11.1. The van der Waals surface area contributed by atoms with Gasteiger partial charge in [-0.2, -0.15) is 0 Å². The first kappa shape index (κ1) is 19.9. The highest BCUT2D eigenvalue weighted by atomic mass is 16.4. The Hall–Kier alpha value is -2.16. The van der Waals surface area contributed by atoms with Crippen molar-refractivity contribution >= 4 is 23.7 Å². The largest absolute Gasteiger partial charge is 0.480 e. The fourth-order valence-corrected chi connectivity index (χ4v) is 2.42. The van der Waals surface area contributed by atoms with E-state index in [1.54, 1.807) is 13.8 Å². The van der Waals surface area contributed by atoms with Gasteiger partial charge < -0.3 is 26.4 Å². The lowest BCUT2D eigenvalue weighted by molar-refractivity contribution is -0.148. The summed E-state index contributed by atoms with van der Waals surface area (Å²) in [5, 5.41) is 14.0. The molecule has 0 unspecified atom stereocenters. The first-order valence-corrected chi connectivity index (χ1v) is 8.01. The van der Waals surface area contributed by atoms with Crippen LogP contribution < -0.4 is 16.4 Å². The molecule has 24 heavy (non-hydrogen) atoms. The van der Waals surface area contributed by atoms with Gasteiger partial charge >= 0.3 is 5.97 Å². The summed E-state index contributed by atoms with van der Waals surface area (Å²) in [4.78, 5) is 48.1. The average Bonchev–Trinajstić information content (AvgIpc) is 3.00. The number of nitrogens with one attached hydrogen (secondary N) is 2. The zero-order chi connectivity index (χ0) is 18.4. The molecule has 9 heteroatoms. The number of likely N-dealkylation sites (tertiary alicyclic amines) is 1. The molecule has 1 saturated heterocycles. The molecule has 0 radical (unpaired) electrons. The van der Waals surface area contributed by atoms with Gasteiger partial charge in [-0.25, -0.2) is 4.79 Å². The van der Waals surface area contributed by atoms with Crippen LogP contribution in [0.1, 0.15) is 33.6 Å². The number of hydrogen-bond acceptors (Lipinski definition) is 5. The van der Waals surface area contributed by atoms with Gasteiger partial charge in [0.15, 0.2) is 0 Å². The quantitative estimate of drug-likeness (QED) is 0.451. The van der Waals surface area contributed by atoms with Crippen molar-refractivity contribution in [3.8, 4) is 0 Å². The van der Waals surface area contributed by atoms with Crippen molar-refractivity contribution in [3.63, 3.8) is 0 Å². The molecular formula is C15H26N4O5. The summed E-state index contributed by atoms with van der Waals surface area (Å²) in [6, 6.07) is -2.40. The van der Waals surface area contributed by atoms with E-state index in [1.165, 1.54) is 11.8 Å². The number of aliphatic carboxylic acids is 1. The molecule has 0 aromatic rings. The minimum Gasteiger partial charge on any atom is -0.480 e. The molecule has 0 spiro atoms. The van der Waals surface area contributed by atoms with Crippen molar-refractivity contribution in [2.24, 2.45) is 11.7 Å². The SMILES string of the molecule is CC(C)[C@H](N)C(=O)N[C@@H](C)C(=O)NCC(=O)N1CCC[C@H]1C(=O)O. The minimum atomic E-state index is -1.05. The monoisotopic (exact) mass is 342 g/mol. The van der Waals surface area contributed by atoms with Crippen LogP contribution in [0.15, 0.2) is 0 Å². The number of amides is 3. The Bertz CT molecular complexity index is 508. The molecule has 1 heterocycles. The van der Waals surface area contributed by atoms with Crippen LogP contribution in [-0.4, -0.2) is 64.9 Å². The third-order valence-corrected chi connectivity index (χ3v) is 4.05. The Morgan fingerprint density at radius 1 is 1.21 bits per heavy atom. The van der Waals surface area contributed by atoms with E-state index in [-0.39, 0.29) is 12.5 Å². The molecule has 9 nitrogen and oxygen atoms in total. The number of nitrogens with zero attached hydrogens (tertiary/aromatic N) is 1. The van der Waals surface area contributed by atoms with E-state index in [2.05, 4.69) is 10.6 Å². The van der Waals surface area contributed by atoms with E-state index in [1.807, 2.05) is 0 Å². The fraction of sp³-hybridized carbons (Fsp3) is 0.733. The van der Waals surface area contributed by atoms with Crippen molar-refractivity contribution in [2.45, 2.75) is 51.7 Å². The predicted octanol–water partition coefficient (Wildman–Crippen LogP) is -1.33. The molecule has 3 atom stereocenters. The van der Waals surface area contributed by atoms with E-state index in [0.29, 0.717) is 19.4 Å². The number of carboxylic acid groups (broad SMARTS) is 1. The molecule has 5 N–H and O–H groups in total. The highest BCUT2D eigenvalue weighted by Gasteiger charge is 2.34. The average molecular weight is 342 g/mol. The zero-order valence-electron chi connectivity index (χ0n) is 14.2. The number of carbonyl (C=O) groups is 4. The topological polar surface area (TPSA) is 142 Å². The van der Waals surface area contributed by atoms with Crippen LogP contribution in [0.2, 0.25) is 0 Å². The Balaban J connectivity index is 2.46. The molecule has 1 aliphatic rings. The molecule has 0 saturated carbocycles. The molecular weight excluding hydrogens is 316 g/mol. The second kappa shape index (κ2) is 8.62. The third-order valence-electron chi connectivity index (χ3n) is 4.05. The van der Waals surface area contributed by atoms with Crippen molar-refractivity contribution in [2.75, 3.05) is 13.1 Å². The summed E-state index contributed by atoms with van der Waals surface area (Å²) in [5.74, 6) is -2.53. The molecule has 0 aromatic carbocycles. The number of rotatable bonds is 7. The summed E-state index contributed by atoms with van der Waals surface area (Å²) < 4.78 is 0. The van der Waals surface area contributed by atoms with Crippen LogP contribution >= 0.6 is 0 Å². The Morgan fingerprint density at radius 2 is 1.83 bits per heavy atom. The smallest absolute Gasteiger partial charge is 0.326 e. The maximum Gasteiger partial charge on any atom is 0.326 e. The maximum absolute atomic E-state index is 12.0. The Morgan fingerprint density at radius 3 is 2.38 bits per heavy atom. The number of carbonyl (C=O) groups excluding carboxylic acids is 3. The summed E-state index contributed by atoms with van der Waals surface area (Å²) in [5.41, 5.74) is 5.70. The molecule has 0 bridgehead atoms. The molecule has 0 aromatic heterocycles. The van der Waals surface area contributed by atoms with E-state index >= 15 is 0 Å². The van der Waals surface area contributed by atoms with E-state index < -0.39 is 41.8 Å². The van der Waals surface area contributed by atoms with Crippen LogP contribution in [0.3, 0.4) is 0 Å². The van der Waals surface area contributed by atoms with Crippen LogP contribution in [0.4, 0.5) is 0 Å². The number of nitrogens with two attached hydrogens (primary N) is 1. The van der Waals surface area contributed by atoms with Crippen molar-refractivity contribution in [3.05, 3.63) is 0 Å². The third kappa shape index (κ3) is 5.19. The van der Waals surface area contributed by atoms with E-state index in [4.69, 9.17) is 10.8 Å². The minimum absolute atomic E-state index is 0.0649. The van der Waals surface area contributed by atoms with Gasteiger partial charge in [-0.3, -0.25) is 14.4 Å². The molecule has 1 fully saturated rings. The van der Waals surface area contributed by atoms with Gasteiger partial charge in [-0.05, 0) is 25.7 Å². The fourth-order valence-electron chi connectivity index (χ4n) is 2.42. The lowest BCUT2D eigenvalue weighted by Gasteiger charge is -2.22. The normalized spacial score (nSPS) is 19.7. The van der Waals surface area contributed by atoms with Gasteiger partial charge in [0.25, 0.3) is 0 Å². The number of hydrogen-bond donors (Lipinski definition) is 4. The van der Waals surface area contributed by atoms with Crippen LogP contribution in [0.5, 0.6) is 0 Å². The highest BCUT2D eigenvalue weighted by Crippen LogP contribution is 2.17. The van der Waals surface area contributed by atoms with Crippen LogP contribution in [0.25, 0.3) is 0 Å². The molecule has 1 rings (SSSR count). The Kier molecular flexibility index (Phi) is 7.15. The first-order valence-electron chi connectivity index (χ1n) is 8.01. The molecule has 1 aliphatic heterocycles. The maximum atomic E-state index is 12.0. The van der Waals surface area contributed by atoms with Gasteiger partial charge in [-0.1, -0.05) is 13.8 Å². The van der Waals surface area contributed by atoms with Crippen LogP contribution in [0, 0.1) is 5.92 Å². The van der Waals surface area contributed by atoms with Gasteiger partial charge in [0.2, 0.25) is 17.7 Å². The van der Waals surface area contributed by atoms with Crippen molar-refractivity contribution < 1.29 is 24.3 Å². The summed E-state index contributed by atoms with van der Waals surface area (Å²) in [7, 11) is 0. The van der Waals surface area contributed by atoms with Crippen molar-refractivity contribution in [1.29, 1.82) is 0 Å². The van der Waals surface area contributed by atoms with Gasteiger partial charge in [0.05, 0.1) is 12.6 Å². The summed E-state index contributed by atoms with van der Waals surface area (Å²) >= 11 is 0. The standard InChI is InChI=1S/C15H26N4O5/c1-8(2)12(16)14(22)18-9(3)13(21)17-7-11(20)19-6-4-5-10(19)15(23)24/h8-10,12H,4-7,16H2,1-3H3,(H,17,21)(H,18,22)(H,23,24)/t9-,10-,12-/m0/s1. The van der Waals surface area contributed by atoms with E-state index in [9.17, 15) is 19.2 Å². The molecule has 136 valence electrons. The predicted molar refractivity (Wildman–Crippen MR) is 85.8 cm³/mol. The molecule has 0 aliphatic carbocycles. The van der Waals surface area contributed by atoms with Crippen LogP contribution in [-0.2, 0) is 19.2 Å². The zero-order valence-corrected chi connectivity index (χ0v) is 14.2. The van der Waals surface area contributed by atoms with Gasteiger partial charge in [0.1, 0.15) is 12.1 Å². The highest BCUT2D eigenvalue weighted by molar-refractivity contribution is 5.92. The van der Waals surface area contributed by atoms with Gasteiger partial charge in [0, 0.05) is 6.54 Å².